The molecule has 1 unspecified atom stereocenters. The van der Waals surface area contributed by atoms with Gasteiger partial charge in [-0.25, -0.2) is 0 Å². The lowest BCUT2D eigenvalue weighted by Gasteiger charge is -2.10. The number of unbranched alkanes of at least 4 members (excludes halogenated alkanes) is 9. The standard InChI is InChI=1S/C25H37NO2/c27-25(24-17-14-19-26-21-24)18-12-7-5-3-1-2-4-6-8-13-20-28-22-23-15-10-9-11-16-23/h9-11,14-17,19,21,25,27H,1-8,12-13,18,20,22H2. The zero-order valence-electron chi connectivity index (χ0n) is 17.3. The van der Waals surface area contributed by atoms with Crippen molar-refractivity contribution in [3.63, 3.8) is 0 Å². The third kappa shape index (κ3) is 10.6. The van der Waals surface area contributed by atoms with Gasteiger partial charge in [0, 0.05) is 19.0 Å². The molecule has 0 aliphatic carbocycles. The molecule has 1 atom stereocenters. The molecule has 1 aromatic carbocycles. The number of hydrogen-bond donors (Lipinski definition) is 1. The maximum Gasteiger partial charge on any atom is 0.0804 e. The number of pyridine rings is 1. The van der Waals surface area contributed by atoms with Crippen LogP contribution >= 0.6 is 0 Å². The van der Waals surface area contributed by atoms with Gasteiger partial charge in [-0.05, 0) is 30.0 Å². The Hall–Kier alpha value is -1.71. The summed E-state index contributed by atoms with van der Waals surface area (Å²) in [4.78, 5) is 4.07. The van der Waals surface area contributed by atoms with Gasteiger partial charge < -0.3 is 9.84 Å². The minimum Gasteiger partial charge on any atom is -0.388 e. The Morgan fingerprint density at radius 1 is 0.750 bits per heavy atom. The molecule has 0 aliphatic heterocycles. The van der Waals surface area contributed by atoms with E-state index in [0.29, 0.717) is 0 Å². The highest BCUT2D eigenvalue weighted by Gasteiger charge is 2.06. The second kappa shape index (κ2) is 15.2. The van der Waals surface area contributed by atoms with Crippen molar-refractivity contribution in [3.05, 3.63) is 66.0 Å². The fourth-order valence-corrected chi connectivity index (χ4v) is 3.46. The van der Waals surface area contributed by atoms with Gasteiger partial charge in [-0.15, -0.1) is 0 Å². The molecule has 1 aromatic heterocycles. The van der Waals surface area contributed by atoms with Crippen LogP contribution in [0.25, 0.3) is 0 Å². The SMILES string of the molecule is OC(CCCCCCCCCCCCOCc1ccccc1)c1cccnc1. The molecule has 1 N–H and O–H groups in total. The lowest BCUT2D eigenvalue weighted by atomic mass is 10.0. The lowest BCUT2D eigenvalue weighted by Crippen LogP contribution is -1.97. The van der Waals surface area contributed by atoms with Crippen molar-refractivity contribution in [2.24, 2.45) is 0 Å². The maximum absolute atomic E-state index is 10.1. The van der Waals surface area contributed by atoms with E-state index >= 15 is 0 Å². The van der Waals surface area contributed by atoms with Crippen LogP contribution < -0.4 is 0 Å². The first-order chi connectivity index (χ1) is 13.9. The van der Waals surface area contributed by atoms with Crippen molar-refractivity contribution in [3.8, 4) is 0 Å². The van der Waals surface area contributed by atoms with E-state index in [-0.39, 0.29) is 6.10 Å². The highest BCUT2D eigenvalue weighted by molar-refractivity contribution is 5.13. The average Bonchev–Trinajstić information content (AvgIpc) is 2.75. The average molecular weight is 384 g/mol. The Morgan fingerprint density at radius 2 is 1.39 bits per heavy atom. The molecule has 0 bridgehead atoms. The van der Waals surface area contributed by atoms with Crippen molar-refractivity contribution < 1.29 is 9.84 Å². The van der Waals surface area contributed by atoms with E-state index in [1.54, 1.807) is 12.4 Å². The first-order valence-electron chi connectivity index (χ1n) is 11.1. The Balaban J connectivity index is 1.30. The van der Waals surface area contributed by atoms with E-state index in [4.69, 9.17) is 4.74 Å². The predicted molar refractivity (Wildman–Crippen MR) is 116 cm³/mol. The first kappa shape index (κ1) is 22.6. The first-order valence-corrected chi connectivity index (χ1v) is 11.1. The number of benzene rings is 1. The molecule has 2 aromatic rings. The van der Waals surface area contributed by atoms with Gasteiger partial charge in [-0.2, -0.15) is 0 Å². The number of hydrogen-bond acceptors (Lipinski definition) is 3. The summed E-state index contributed by atoms with van der Waals surface area (Å²) >= 11 is 0. The Labute approximate surface area is 171 Å². The van der Waals surface area contributed by atoms with Gasteiger partial charge in [0.15, 0.2) is 0 Å². The molecule has 0 amide bonds. The monoisotopic (exact) mass is 383 g/mol. The summed E-state index contributed by atoms with van der Waals surface area (Å²) in [6, 6.07) is 14.2. The summed E-state index contributed by atoms with van der Waals surface area (Å²) in [5.74, 6) is 0. The molecule has 3 heteroatoms. The molecule has 0 fully saturated rings. The molecule has 0 radical (unpaired) electrons. The van der Waals surface area contributed by atoms with Crippen LogP contribution in [0.2, 0.25) is 0 Å². The summed E-state index contributed by atoms with van der Waals surface area (Å²) in [6.45, 7) is 1.61. The molecule has 0 aliphatic rings. The number of aliphatic hydroxyl groups excluding tert-OH is 1. The third-order valence-electron chi connectivity index (χ3n) is 5.20. The number of aromatic nitrogens is 1. The van der Waals surface area contributed by atoms with Crippen LogP contribution in [0.3, 0.4) is 0 Å². The molecule has 154 valence electrons. The zero-order chi connectivity index (χ0) is 19.7. The summed E-state index contributed by atoms with van der Waals surface area (Å²) < 4.78 is 5.73. The van der Waals surface area contributed by atoms with Crippen LogP contribution in [0.5, 0.6) is 0 Å². The van der Waals surface area contributed by atoms with Crippen LogP contribution in [0.1, 0.15) is 87.9 Å². The molecule has 0 saturated heterocycles. The van der Waals surface area contributed by atoms with Gasteiger partial charge >= 0.3 is 0 Å². The van der Waals surface area contributed by atoms with E-state index in [1.807, 2.05) is 18.2 Å². The normalized spacial score (nSPS) is 12.2. The topological polar surface area (TPSA) is 42.4 Å². The molecule has 28 heavy (non-hydrogen) atoms. The van der Waals surface area contributed by atoms with Gasteiger partial charge in [0.2, 0.25) is 0 Å². The minimum absolute atomic E-state index is 0.356. The van der Waals surface area contributed by atoms with Gasteiger partial charge in [-0.3, -0.25) is 4.98 Å². The molecule has 1 heterocycles. The highest BCUT2D eigenvalue weighted by atomic mass is 16.5. The lowest BCUT2D eigenvalue weighted by molar-refractivity contribution is 0.116. The van der Waals surface area contributed by atoms with Crippen LogP contribution in [0.15, 0.2) is 54.9 Å². The molecule has 0 spiro atoms. The highest BCUT2D eigenvalue weighted by Crippen LogP contribution is 2.19. The fourth-order valence-electron chi connectivity index (χ4n) is 3.46. The van der Waals surface area contributed by atoms with E-state index in [9.17, 15) is 5.11 Å². The van der Waals surface area contributed by atoms with Crippen LogP contribution in [0, 0.1) is 0 Å². The number of nitrogens with zero attached hydrogens (tertiary/aromatic N) is 1. The summed E-state index contributed by atoms with van der Waals surface area (Å²) in [6.07, 6.45) is 16.7. The van der Waals surface area contributed by atoms with Gasteiger partial charge in [-0.1, -0.05) is 94.2 Å². The smallest absolute Gasteiger partial charge is 0.0804 e. The Morgan fingerprint density at radius 3 is 2.04 bits per heavy atom. The van der Waals surface area contributed by atoms with Gasteiger partial charge in [0.1, 0.15) is 0 Å². The summed E-state index contributed by atoms with van der Waals surface area (Å²) in [5.41, 5.74) is 2.20. The maximum atomic E-state index is 10.1. The van der Waals surface area contributed by atoms with Crippen LogP contribution in [-0.2, 0) is 11.3 Å². The third-order valence-corrected chi connectivity index (χ3v) is 5.20. The van der Waals surface area contributed by atoms with Crippen molar-refractivity contribution >= 4 is 0 Å². The quantitative estimate of drug-likeness (QED) is 0.331. The molecule has 3 nitrogen and oxygen atoms in total. The zero-order valence-corrected chi connectivity index (χ0v) is 17.3. The van der Waals surface area contributed by atoms with E-state index in [2.05, 4.69) is 29.2 Å². The van der Waals surface area contributed by atoms with Crippen molar-refractivity contribution in [1.82, 2.24) is 4.98 Å². The van der Waals surface area contributed by atoms with Crippen molar-refractivity contribution in [2.75, 3.05) is 6.61 Å². The minimum atomic E-state index is -0.356. The van der Waals surface area contributed by atoms with Crippen molar-refractivity contribution in [2.45, 2.75) is 83.3 Å². The second-order valence-corrected chi connectivity index (χ2v) is 7.66. The molecular weight excluding hydrogens is 346 g/mol. The fraction of sp³-hybridized carbons (Fsp3) is 0.560. The van der Waals surface area contributed by atoms with Gasteiger partial charge in [0.05, 0.1) is 12.7 Å². The van der Waals surface area contributed by atoms with Gasteiger partial charge in [0.25, 0.3) is 0 Å². The molecule has 2 rings (SSSR count). The van der Waals surface area contributed by atoms with Crippen molar-refractivity contribution in [1.29, 1.82) is 0 Å². The summed E-state index contributed by atoms with van der Waals surface area (Å²) in [7, 11) is 0. The van der Waals surface area contributed by atoms with Crippen LogP contribution in [-0.4, -0.2) is 16.7 Å². The number of aliphatic hydroxyl groups is 1. The number of ether oxygens (including phenoxy) is 1. The molecular formula is C25H37NO2. The Kier molecular flexibility index (Phi) is 12.3. The van der Waals surface area contributed by atoms with E-state index < -0.39 is 0 Å². The van der Waals surface area contributed by atoms with E-state index in [0.717, 1.165) is 31.6 Å². The van der Waals surface area contributed by atoms with Crippen LogP contribution in [0.4, 0.5) is 0 Å². The Bertz CT molecular complexity index is 588. The summed E-state index contributed by atoms with van der Waals surface area (Å²) in [5, 5.41) is 10.1. The second-order valence-electron chi connectivity index (χ2n) is 7.66. The largest absolute Gasteiger partial charge is 0.388 e. The predicted octanol–water partition coefficient (Wildman–Crippen LogP) is 6.62. The number of rotatable bonds is 16. The van der Waals surface area contributed by atoms with E-state index in [1.165, 1.54) is 63.4 Å². The molecule has 0 saturated carbocycles.